The molecule has 0 bridgehead atoms. The molecule has 0 fully saturated rings. The molecule has 54 valence electrons. The predicted octanol–water partition coefficient (Wildman–Crippen LogP) is 1.13. The minimum Gasteiger partial charge on any atom is -0.390 e. The van der Waals surface area contributed by atoms with Gasteiger partial charge in [-0.15, -0.1) is 0 Å². The molecular weight excluding hydrogens is 116 g/mol. The molecule has 0 aromatic heterocycles. The molecule has 0 heterocycles. The van der Waals surface area contributed by atoms with Crippen LogP contribution >= 0.6 is 0 Å². The molecule has 0 aliphatic heterocycles. The molecule has 0 aliphatic carbocycles. The van der Waals surface area contributed by atoms with Crippen molar-refractivity contribution in [3.05, 3.63) is 0 Å². The van der Waals surface area contributed by atoms with Gasteiger partial charge >= 0.3 is 0 Å². The largest absolute Gasteiger partial charge is 0.390 e. The minimum absolute atomic E-state index is 0.136. The number of aliphatic hydroxyl groups is 1. The van der Waals surface area contributed by atoms with Gasteiger partial charge in [-0.25, -0.2) is 0 Å². The number of hydrogen-bond acceptors (Lipinski definition) is 2. The van der Waals surface area contributed by atoms with E-state index in [4.69, 9.17) is 5.11 Å². The molecule has 0 amide bonds. The summed E-state index contributed by atoms with van der Waals surface area (Å²) in [6, 6.07) is 0. The molecule has 0 atom stereocenters. The SMILES string of the molecule is CC(=O)CCC(C)(C)O. The normalized spacial score (nSPS) is 11.6. The van der Waals surface area contributed by atoms with Gasteiger partial charge in [0.1, 0.15) is 5.78 Å². The van der Waals surface area contributed by atoms with Crippen LogP contribution in [-0.2, 0) is 4.79 Å². The van der Waals surface area contributed by atoms with Gasteiger partial charge in [-0.05, 0) is 27.2 Å². The van der Waals surface area contributed by atoms with Crippen molar-refractivity contribution in [2.75, 3.05) is 0 Å². The van der Waals surface area contributed by atoms with Crippen LogP contribution in [0, 0.1) is 0 Å². The highest BCUT2D eigenvalue weighted by Gasteiger charge is 2.12. The van der Waals surface area contributed by atoms with Gasteiger partial charge in [0.2, 0.25) is 0 Å². The van der Waals surface area contributed by atoms with E-state index in [1.807, 2.05) is 0 Å². The Morgan fingerprint density at radius 3 is 2.11 bits per heavy atom. The molecule has 0 aliphatic rings. The third kappa shape index (κ3) is 7.63. The maximum absolute atomic E-state index is 10.4. The molecule has 0 aromatic carbocycles. The summed E-state index contributed by atoms with van der Waals surface area (Å²) in [5, 5.41) is 9.11. The number of carbonyl (C=O) groups is 1. The quantitative estimate of drug-likeness (QED) is 0.621. The van der Waals surface area contributed by atoms with E-state index < -0.39 is 5.60 Å². The van der Waals surface area contributed by atoms with Crippen molar-refractivity contribution in [2.24, 2.45) is 0 Å². The van der Waals surface area contributed by atoms with Gasteiger partial charge in [0, 0.05) is 6.42 Å². The summed E-state index contributed by atoms with van der Waals surface area (Å²) in [4.78, 5) is 10.4. The topological polar surface area (TPSA) is 37.3 Å². The van der Waals surface area contributed by atoms with Crippen molar-refractivity contribution in [3.63, 3.8) is 0 Å². The Morgan fingerprint density at radius 1 is 1.56 bits per heavy atom. The van der Waals surface area contributed by atoms with E-state index in [-0.39, 0.29) is 5.78 Å². The lowest BCUT2D eigenvalue weighted by Gasteiger charge is -2.14. The van der Waals surface area contributed by atoms with Crippen LogP contribution in [0.15, 0.2) is 0 Å². The molecule has 2 nitrogen and oxygen atoms in total. The molecule has 0 rings (SSSR count). The van der Waals surface area contributed by atoms with Crippen molar-refractivity contribution in [1.82, 2.24) is 0 Å². The van der Waals surface area contributed by atoms with E-state index in [0.717, 1.165) is 0 Å². The first kappa shape index (κ1) is 8.63. The minimum atomic E-state index is -0.689. The summed E-state index contributed by atoms with van der Waals surface area (Å²) < 4.78 is 0. The third-order valence-electron chi connectivity index (χ3n) is 1.09. The fourth-order valence-corrected chi connectivity index (χ4v) is 0.482. The molecule has 2 heteroatoms. The van der Waals surface area contributed by atoms with Gasteiger partial charge in [0.05, 0.1) is 5.60 Å². The molecule has 1 N–H and O–H groups in total. The van der Waals surface area contributed by atoms with E-state index >= 15 is 0 Å². The Labute approximate surface area is 55.9 Å². The van der Waals surface area contributed by atoms with Gasteiger partial charge < -0.3 is 9.90 Å². The molecule has 0 radical (unpaired) electrons. The summed E-state index contributed by atoms with van der Waals surface area (Å²) >= 11 is 0. The number of rotatable bonds is 3. The Hall–Kier alpha value is -0.370. The maximum atomic E-state index is 10.4. The Balaban J connectivity index is 3.39. The summed E-state index contributed by atoms with van der Waals surface area (Å²) in [7, 11) is 0. The molecule has 0 saturated heterocycles. The lowest BCUT2D eigenvalue weighted by Crippen LogP contribution is -2.19. The summed E-state index contributed by atoms with van der Waals surface area (Å²) in [5.74, 6) is 0.136. The van der Waals surface area contributed by atoms with Crippen LogP contribution in [0.2, 0.25) is 0 Å². The molecule has 0 aromatic rings. The van der Waals surface area contributed by atoms with Crippen LogP contribution in [0.5, 0.6) is 0 Å². The first-order valence-corrected chi connectivity index (χ1v) is 3.13. The molecule has 0 unspecified atom stereocenters. The lowest BCUT2D eigenvalue weighted by molar-refractivity contribution is -0.118. The fourth-order valence-electron chi connectivity index (χ4n) is 0.482. The highest BCUT2D eigenvalue weighted by atomic mass is 16.3. The first-order valence-electron chi connectivity index (χ1n) is 3.13. The lowest BCUT2D eigenvalue weighted by atomic mass is 10.0. The number of carbonyl (C=O) groups excluding carboxylic acids is 1. The van der Waals surface area contributed by atoms with Crippen LogP contribution in [0.25, 0.3) is 0 Å². The van der Waals surface area contributed by atoms with Crippen LogP contribution in [0.4, 0.5) is 0 Å². The standard InChI is InChI=1S/C7H14O2/c1-6(8)4-5-7(2,3)9/h9H,4-5H2,1-3H3. The van der Waals surface area contributed by atoms with Gasteiger partial charge in [0.15, 0.2) is 0 Å². The van der Waals surface area contributed by atoms with E-state index in [0.29, 0.717) is 12.8 Å². The second-order valence-corrected chi connectivity index (χ2v) is 3.01. The molecule has 9 heavy (non-hydrogen) atoms. The first-order chi connectivity index (χ1) is 3.92. The van der Waals surface area contributed by atoms with E-state index in [9.17, 15) is 4.79 Å². The number of Topliss-reactive ketones (excluding diaryl/α,β-unsaturated/α-hetero) is 1. The van der Waals surface area contributed by atoms with Gasteiger partial charge in [-0.3, -0.25) is 0 Å². The monoisotopic (exact) mass is 130 g/mol. The summed E-state index contributed by atoms with van der Waals surface area (Å²) in [5.41, 5.74) is -0.689. The van der Waals surface area contributed by atoms with Crippen LogP contribution in [-0.4, -0.2) is 16.5 Å². The van der Waals surface area contributed by atoms with E-state index in [1.54, 1.807) is 13.8 Å². The van der Waals surface area contributed by atoms with E-state index in [2.05, 4.69) is 0 Å². The Kier molecular flexibility index (Phi) is 2.85. The Bertz CT molecular complexity index is 100.0. The van der Waals surface area contributed by atoms with Gasteiger partial charge in [-0.1, -0.05) is 0 Å². The highest BCUT2D eigenvalue weighted by Crippen LogP contribution is 2.09. The van der Waals surface area contributed by atoms with Crippen molar-refractivity contribution < 1.29 is 9.90 Å². The van der Waals surface area contributed by atoms with Crippen molar-refractivity contribution >= 4 is 5.78 Å². The van der Waals surface area contributed by atoms with Crippen molar-refractivity contribution in [3.8, 4) is 0 Å². The smallest absolute Gasteiger partial charge is 0.129 e. The second-order valence-electron chi connectivity index (χ2n) is 3.01. The average molecular weight is 130 g/mol. The number of ketones is 1. The van der Waals surface area contributed by atoms with Crippen LogP contribution in [0.3, 0.4) is 0 Å². The predicted molar refractivity (Wildman–Crippen MR) is 36.2 cm³/mol. The zero-order valence-corrected chi connectivity index (χ0v) is 6.27. The maximum Gasteiger partial charge on any atom is 0.129 e. The van der Waals surface area contributed by atoms with Crippen LogP contribution in [0.1, 0.15) is 33.6 Å². The fraction of sp³-hybridized carbons (Fsp3) is 0.857. The number of hydrogen-bond donors (Lipinski definition) is 1. The van der Waals surface area contributed by atoms with E-state index in [1.165, 1.54) is 6.92 Å². The average Bonchev–Trinajstić information content (AvgIpc) is 1.59. The summed E-state index contributed by atoms with van der Waals surface area (Å²) in [6.45, 7) is 4.94. The molecule has 0 spiro atoms. The molecule has 0 saturated carbocycles. The zero-order valence-electron chi connectivity index (χ0n) is 6.27. The van der Waals surface area contributed by atoms with Crippen molar-refractivity contribution in [2.45, 2.75) is 39.2 Å². The zero-order chi connectivity index (χ0) is 7.49. The second kappa shape index (κ2) is 2.97. The summed E-state index contributed by atoms with van der Waals surface area (Å²) in [6.07, 6.45) is 1.03. The van der Waals surface area contributed by atoms with Gasteiger partial charge in [0.25, 0.3) is 0 Å². The molecular formula is C7H14O2. The van der Waals surface area contributed by atoms with Crippen molar-refractivity contribution in [1.29, 1.82) is 0 Å². The van der Waals surface area contributed by atoms with Crippen LogP contribution < -0.4 is 0 Å². The highest BCUT2D eigenvalue weighted by molar-refractivity contribution is 5.75. The third-order valence-corrected chi connectivity index (χ3v) is 1.09. The van der Waals surface area contributed by atoms with Gasteiger partial charge in [-0.2, -0.15) is 0 Å². The Morgan fingerprint density at radius 2 is 2.00 bits per heavy atom.